The van der Waals surface area contributed by atoms with E-state index in [2.05, 4.69) is 39.1 Å². The lowest BCUT2D eigenvalue weighted by atomic mass is 9.95. The zero-order valence-corrected chi connectivity index (χ0v) is 12.9. The molecule has 0 radical (unpaired) electrons. The normalized spacial score (nSPS) is 16.6. The molecule has 18 heavy (non-hydrogen) atoms. The van der Waals surface area contributed by atoms with Crippen molar-refractivity contribution in [1.82, 2.24) is 5.32 Å². The van der Waals surface area contributed by atoms with Crippen LogP contribution in [0.15, 0.2) is 0 Å². The van der Waals surface area contributed by atoms with Crippen LogP contribution in [0.25, 0.3) is 0 Å². The van der Waals surface area contributed by atoms with Crippen LogP contribution in [0.3, 0.4) is 0 Å². The Labute approximate surface area is 113 Å². The zero-order valence-electron chi connectivity index (χ0n) is 12.9. The summed E-state index contributed by atoms with van der Waals surface area (Å²) in [6.45, 7) is 13.4. The van der Waals surface area contributed by atoms with E-state index in [0.717, 1.165) is 25.4 Å². The average Bonchev–Trinajstić information content (AvgIpc) is 2.23. The van der Waals surface area contributed by atoms with Crippen LogP contribution in [-0.4, -0.2) is 24.3 Å². The first-order chi connectivity index (χ1) is 8.29. The van der Waals surface area contributed by atoms with Crippen molar-refractivity contribution in [3.63, 3.8) is 0 Å². The minimum absolute atomic E-state index is 0.119. The Bertz CT molecular complexity index is 258. The first-order valence-electron chi connectivity index (χ1n) is 7.09. The summed E-state index contributed by atoms with van der Waals surface area (Å²) in [7, 11) is 0. The molecule has 0 aromatic carbocycles. The van der Waals surface area contributed by atoms with E-state index in [4.69, 9.17) is 4.74 Å². The second-order valence-electron chi connectivity index (χ2n) is 6.16. The molecule has 1 N–H and O–H groups in total. The van der Waals surface area contributed by atoms with Crippen LogP contribution in [-0.2, 0) is 4.74 Å². The number of nitrogens with one attached hydrogen (secondary N) is 1. The van der Waals surface area contributed by atoms with Gasteiger partial charge in [0, 0.05) is 19.1 Å². The van der Waals surface area contributed by atoms with E-state index < -0.39 is 5.54 Å². The molecule has 0 aliphatic rings. The Morgan fingerprint density at radius 2 is 1.83 bits per heavy atom. The Balaban J connectivity index is 3.97. The van der Waals surface area contributed by atoms with Crippen molar-refractivity contribution in [2.75, 3.05) is 6.61 Å². The van der Waals surface area contributed by atoms with Gasteiger partial charge in [0.1, 0.15) is 5.54 Å². The highest BCUT2D eigenvalue weighted by atomic mass is 16.5. The summed E-state index contributed by atoms with van der Waals surface area (Å²) >= 11 is 0. The third-order valence-corrected chi connectivity index (χ3v) is 2.88. The van der Waals surface area contributed by atoms with E-state index in [-0.39, 0.29) is 6.10 Å². The lowest BCUT2D eigenvalue weighted by molar-refractivity contribution is 0.0432. The van der Waals surface area contributed by atoms with Crippen molar-refractivity contribution in [3.05, 3.63) is 0 Å². The van der Waals surface area contributed by atoms with Gasteiger partial charge in [-0.05, 0) is 46.5 Å². The third-order valence-electron chi connectivity index (χ3n) is 2.88. The summed E-state index contributed by atoms with van der Waals surface area (Å²) in [5.41, 5.74) is -0.494. The predicted octanol–water partition coefficient (Wildman–Crippen LogP) is 3.50. The van der Waals surface area contributed by atoms with E-state index in [1.807, 2.05) is 13.8 Å². The minimum atomic E-state index is -0.494. The second kappa shape index (κ2) is 8.50. The molecule has 0 bridgehead atoms. The van der Waals surface area contributed by atoms with Gasteiger partial charge >= 0.3 is 0 Å². The molecule has 0 aliphatic heterocycles. The smallest absolute Gasteiger partial charge is 0.106 e. The molecule has 106 valence electrons. The molecule has 3 nitrogen and oxygen atoms in total. The number of ether oxygens (including phenoxy) is 1. The van der Waals surface area contributed by atoms with Crippen molar-refractivity contribution in [3.8, 4) is 6.07 Å². The number of nitrogens with zero attached hydrogens (tertiary/aromatic N) is 1. The van der Waals surface area contributed by atoms with Gasteiger partial charge in [-0.1, -0.05) is 13.8 Å². The fourth-order valence-corrected chi connectivity index (χ4v) is 2.18. The molecule has 3 heteroatoms. The number of nitriles is 1. The van der Waals surface area contributed by atoms with Crippen molar-refractivity contribution < 1.29 is 4.74 Å². The molecule has 0 aromatic rings. The summed E-state index contributed by atoms with van der Waals surface area (Å²) < 4.78 is 5.78. The van der Waals surface area contributed by atoms with Crippen molar-refractivity contribution >= 4 is 0 Å². The fraction of sp³-hybridized carbons (Fsp3) is 0.933. The molecule has 2 unspecified atom stereocenters. The first-order valence-corrected chi connectivity index (χ1v) is 7.09. The summed E-state index contributed by atoms with van der Waals surface area (Å²) in [6, 6.07) is 2.67. The molecule has 0 saturated heterocycles. The number of hydrogen-bond acceptors (Lipinski definition) is 3. The van der Waals surface area contributed by atoms with E-state index in [1.165, 1.54) is 6.42 Å². The van der Waals surface area contributed by atoms with E-state index in [0.29, 0.717) is 6.04 Å². The van der Waals surface area contributed by atoms with Gasteiger partial charge in [0.2, 0.25) is 0 Å². The van der Waals surface area contributed by atoms with E-state index >= 15 is 0 Å². The Morgan fingerprint density at radius 3 is 2.28 bits per heavy atom. The van der Waals surface area contributed by atoms with Crippen LogP contribution in [0, 0.1) is 17.2 Å². The van der Waals surface area contributed by atoms with Crippen LogP contribution in [0.4, 0.5) is 0 Å². The van der Waals surface area contributed by atoms with Crippen molar-refractivity contribution in [2.24, 2.45) is 5.92 Å². The van der Waals surface area contributed by atoms with Gasteiger partial charge in [0.15, 0.2) is 0 Å². The number of rotatable bonds is 9. The summed E-state index contributed by atoms with van der Waals surface area (Å²) in [4.78, 5) is 0. The molecule has 0 rings (SSSR count). The topological polar surface area (TPSA) is 45.0 Å². The van der Waals surface area contributed by atoms with Gasteiger partial charge in [-0.25, -0.2) is 0 Å². The van der Waals surface area contributed by atoms with Gasteiger partial charge in [-0.2, -0.15) is 5.26 Å². The molecule has 0 aromatic heterocycles. The highest BCUT2D eigenvalue weighted by Crippen LogP contribution is 2.15. The standard InChI is InChI=1S/C15H30N2O/c1-12(2)8-7-9-18-14(5)10-15(6,11-16)17-13(3)4/h12-14,17H,7-10H2,1-6H3. The molecule has 0 fully saturated rings. The first kappa shape index (κ1) is 17.4. The fourth-order valence-electron chi connectivity index (χ4n) is 2.18. The Kier molecular flexibility index (Phi) is 8.22. The van der Waals surface area contributed by atoms with Gasteiger partial charge in [-0.15, -0.1) is 0 Å². The van der Waals surface area contributed by atoms with Crippen molar-refractivity contribution in [1.29, 1.82) is 5.26 Å². The molecular weight excluding hydrogens is 224 g/mol. The third kappa shape index (κ3) is 8.49. The van der Waals surface area contributed by atoms with E-state index in [1.54, 1.807) is 0 Å². The Morgan fingerprint density at radius 1 is 1.22 bits per heavy atom. The van der Waals surface area contributed by atoms with Gasteiger partial charge in [0.25, 0.3) is 0 Å². The van der Waals surface area contributed by atoms with Crippen LogP contribution >= 0.6 is 0 Å². The summed E-state index contributed by atoms with van der Waals surface area (Å²) in [5.74, 6) is 0.732. The van der Waals surface area contributed by atoms with Gasteiger partial charge in [-0.3, -0.25) is 5.32 Å². The number of hydrogen-bond donors (Lipinski definition) is 1. The summed E-state index contributed by atoms with van der Waals surface area (Å²) in [5, 5.41) is 12.6. The lowest BCUT2D eigenvalue weighted by Gasteiger charge is -2.28. The maximum Gasteiger partial charge on any atom is 0.106 e. The minimum Gasteiger partial charge on any atom is -0.378 e. The largest absolute Gasteiger partial charge is 0.378 e. The molecule has 0 amide bonds. The zero-order chi connectivity index (χ0) is 14.2. The molecule has 2 atom stereocenters. The molecule has 0 saturated carbocycles. The van der Waals surface area contributed by atoms with Crippen LogP contribution in [0.1, 0.15) is 60.8 Å². The highest BCUT2D eigenvalue weighted by molar-refractivity contribution is 5.05. The predicted molar refractivity (Wildman–Crippen MR) is 76.4 cm³/mol. The maximum atomic E-state index is 9.26. The van der Waals surface area contributed by atoms with Crippen LogP contribution in [0.2, 0.25) is 0 Å². The quantitative estimate of drug-likeness (QED) is 0.641. The average molecular weight is 254 g/mol. The van der Waals surface area contributed by atoms with Gasteiger partial charge in [0.05, 0.1) is 12.2 Å². The van der Waals surface area contributed by atoms with Gasteiger partial charge < -0.3 is 4.74 Å². The molecular formula is C15H30N2O. The summed E-state index contributed by atoms with van der Waals surface area (Å²) in [6.07, 6.45) is 3.15. The SMILES string of the molecule is CC(C)CCCOC(C)CC(C)(C#N)NC(C)C. The Hall–Kier alpha value is -0.590. The van der Waals surface area contributed by atoms with Crippen LogP contribution < -0.4 is 5.32 Å². The second-order valence-corrected chi connectivity index (χ2v) is 6.16. The van der Waals surface area contributed by atoms with Crippen molar-refractivity contribution in [2.45, 2.75) is 78.5 Å². The van der Waals surface area contributed by atoms with E-state index in [9.17, 15) is 5.26 Å². The molecule has 0 aliphatic carbocycles. The molecule has 0 heterocycles. The monoisotopic (exact) mass is 254 g/mol. The maximum absolute atomic E-state index is 9.26. The van der Waals surface area contributed by atoms with Crippen LogP contribution in [0.5, 0.6) is 0 Å². The highest BCUT2D eigenvalue weighted by Gasteiger charge is 2.27. The molecule has 0 spiro atoms. The lowest BCUT2D eigenvalue weighted by Crippen LogP contribution is -2.47.